The monoisotopic (exact) mass is 623 g/mol. The van der Waals surface area contributed by atoms with Crippen molar-refractivity contribution in [3.8, 4) is 11.5 Å². The summed E-state index contributed by atoms with van der Waals surface area (Å²) in [4.78, 5) is 33.8. The van der Waals surface area contributed by atoms with Gasteiger partial charge in [-0.3, -0.25) is 4.90 Å². The number of hydrogen-bond acceptors (Lipinski definition) is 11. The van der Waals surface area contributed by atoms with E-state index in [1.165, 1.54) is 51.1 Å². The highest BCUT2D eigenvalue weighted by Gasteiger charge is 2.27. The van der Waals surface area contributed by atoms with E-state index in [1.807, 2.05) is 35.2 Å². The topological polar surface area (TPSA) is 122 Å². The van der Waals surface area contributed by atoms with Crippen molar-refractivity contribution in [3.63, 3.8) is 0 Å². The lowest BCUT2D eigenvalue weighted by atomic mass is 10.0. The first kappa shape index (κ1) is 29.9. The van der Waals surface area contributed by atoms with Gasteiger partial charge in [0.05, 0.1) is 0 Å². The summed E-state index contributed by atoms with van der Waals surface area (Å²) in [6.45, 7) is 9.48. The number of urea groups is 1. The van der Waals surface area contributed by atoms with Gasteiger partial charge in [0.1, 0.15) is 5.82 Å². The minimum Gasteiger partial charge on any atom is -0.423 e. The Bertz CT molecular complexity index is 1560. The number of piperazine rings is 2. The minimum absolute atomic E-state index is 0.127. The Balaban J connectivity index is 0.877. The second-order valence-electron chi connectivity index (χ2n) is 12.2. The highest BCUT2D eigenvalue weighted by atomic mass is 16.4. The third-order valence-corrected chi connectivity index (χ3v) is 9.28. The summed E-state index contributed by atoms with van der Waals surface area (Å²) in [6.07, 6.45) is 5.52. The number of benzene rings is 2. The van der Waals surface area contributed by atoms with Gasteiger partial charge in [0, 0.05) is 100 Å². The Labute approximate surface area is 269 Å². The predicted octanol–water partition coefficient (Wildman–Crippen LogP) is 3.84. The number of carbonyl (C=O) groups is 1. The molecule has 0 saturated carbocycles. The summed E-state index contributed by atoms with van der Waals surface area (Å²) in [7, 11) is 2.22. The zero-order chi connectivity index (χ0) is 31.3. The molecule has 0 atom stereocenters. The highest BCUT2D eigenvalue weighted by molar-refractivity contribution is 5.89. The molecule has 0 radical (unpaired) electrons. The number of rotatable bonds is 7. The largest absolute Gasteiger partial charge is 0.423 e. The van der Waals surface area contributed by atoms with Gasteiger partial charge >= 0.3 is 6.03 Å². The average Bonchev–Trinajstić information content (AvgIpc) is 3.65. The summed E-state index contributed by atoms with van der Waals surface area (Å²) in [6, 6.07) is 18.4. The first-order valence-electron chi connectivity index (χ1n) is 16.1. The number of piperidine rings is 1. The molecule has 3 saturated heterocycles. The van der Waals surface area contributed by atoms with Gasteiger partial charge in [0.2, 0.25) is 18.2 Å². The molecule has 2 amide bonds. The van der Waals surface area contributed by atoms with Gasteiger partial charge in [-0.05, 0) is 74.5 Å². The predicted molar refractivity (Wildman–Crippen MR) is 179 cm³/mol. The fourth-order valence-electron chi connectivity index (χ4n) is 6.48. The molecule has 3 aliphatic heterocycles. The smallest absolute Gasteiger partial charge is 0.321 e. The summed E-state index contributed by atoms with van der Waals surface area (Å²) < 4.78 is 5.23. The SMILES string of the molecule is CN1CCN(C2CCN(c3ccc(Nc4nccc(N5CCN(C(=O)Nc6ccc(-c7nnco7)cc6)CC5)n4)cc3)CC2)CC1. The van der Waals surface area contributed by atoms with Crippen LogP contribution in [0.15, 0.2) is 71.6 Å². The zero-order valence-corrected chi connectivity index (χ0v) is 26.3. The Hall–Kier alpha value is -4.75. The summed E-state index contributed by atoms with van der Waals surface area (Å²) in [5.41, 5.74) is 3.73. The van der Waals surface area contributed by atoms with Gasteiger partial charge in [-0.1, -0.05) is 0 Å². The molecule has 4 aromatic rings. The maximum Gasteiger partial charge on any atom is 0.321 e. The van der Waals surface area contributed by atoms with E-state index in [0.29, 0.717) is 49.7 Å². The van der Waals surface area contributed by atoms with Gasteiger partial charge in [-0.2, -0.15) is 4.98 Å². The van der Waals surface area contributed by atoms with Crippen LogP contribution >= 0.6 is 0 Å². The molecule has 0 unspecified atom stereocenters. The van der Waals surface area contributed by atoms with Crippen LogP contribution in [0.1, 0.15) is 12.8 Å². The van der Waals surface area contributed by atoms with Crippen LogP contribution in [0.3, 0.4) is 0 Å². The van der Waals surface area contributed by atoms with Gasteiger partial charge in [-0.25, -0.2) is 9.78 Å². The number of aromatic nitrogens is 4. The molecule has 13 heteroatoms. The number of hydrogen-bond donors (Lipinski definition) is 2. The molecule has 46 heavy (non-hydrogen) atoms. The van der Waals surface area contributed by atoms with Crippen molar-refractivity contribution in [2.24, 2.45) is 0 Å². The van der Waals surface area contributed by atoms with Crippen LogP contribution in [0.4, 0.5) is 33.6 Å². The number of anilines is 5. The molecule has 2 N–H and O–H groups in total. The van der Waals surface area contributed by atoms with Crippen molar-refractivity contribution in [1.29, 1.82) is 0 Å². The fourth-order valence-corrected chi connectivity index (χ4v) is 6.48. The molecule has 2 aromatic heterocycles. The van der Waals surface area contributed by atoms with Crippen molar-refractivity contribution >= 4 is 34.9 Å². The van der Waals surface area contributed by atoms with Crippen LogP contribution in [-0.4, -0.2) is 119 Å². The van der Waals surface area contributed by atoms with Gasteiger partial charge in [-0.15, -0.1) is 10.2 Å². The highest BCUT2D eigenvalue weighted by Crippen LogP contribution is 2.26. The van der Waals surface area contributed by atoms with E-state index in [9.17, 15) is 4.79 Å². The van der Waals surface area contributed by atoms with Crippen molar-refractivity contribution in [2.45, 2.75) is 18.9 Å². The van der Waals surface area contributed by atoms with E-state index in [-0.39, 0.29) is 6.03 Å². The van der Waals surface area contributed by atoms with Crippen LogP contribution in [0.5, 0.6) is 0 Å². The zero-order valence-electron chi connectivity index (χ0n) is 26.3. The van der Waals surface area contributed by atoms with Crippen LogP contribution < -0.4 is 20.4 Å². The quantitative estimate of drug-likeness (QED) is 0.312. The first-order valence-corrected chi connectivity index (χ1v) is 16.1. The third kappa shape index (κ3) is 7.05. The van der Waals surface area contributed by atoms with Gasteiger partial charge in [0.15, 0.2) is 0 Å². The summed E-state index contributed by atoms with van der Waals surface area (Å²) in [5, 5.41) is 14.0. The van der Waals surface area contributed by atoms with Crippen molar-refractivity contribution in [2.75, 3.05) is 92.9 Å². The van der Waals surface area contributed by atoms with Gasteiger partial charge in [0.25, 0.3) is 0 Å². The van der Waals surface area contributed by atoms with E-state index >= 15 is 0 Å². The standard InChI is InChI=1S/C33H41N11O2/c1-40-16-18-42(19-17-40)29-11-14-41(15-12-29)28-8-6-26(7-9-28)36-32-34-13-10-30(38-32)43-20-22-44(23-21-43)33(45)37-27-4-2-25(3-5-27)31-39-35-24-46-31/h2-10,13,24,29H,11-12,14-23H2,1H3,(H,37,45)(H,34,36,38). The number of likely N-dealkylation sites (N-methyl/N-ethyl adjacent to an activating group) is 1. The van der Waals surface area contributed by atoms with E-state index in [0.717, 1.165) is 30.2 Å². The van der Waals surface area contributed by atoms with Crippen molar-refractivity contribution in [1.82, 2.24) is 34.9 Å². The van der Waals surface area contributed by atoms with Crippen LogP contribution in [0.25, 0.3) is 11.5 Å². The number of nitrogens with one attached hydrogen (secondary N) is 2. The maximum atomic E-state index is 12.9. The minimum atomic E-state index is -0.127. The Morgan fingerprint density at radius 1 is 0.804 bits per heavy atom. The molecule has 3 fully saturated rings. The second-order valence-corrected chi connectivity index (χ2v) is 12.2. The lowest BCUT2D eigenvalue weighted by Gasteiger charge is -2.42. The lowest BCUT2D eigenvalue weighted by Crippen LogP contribution is -2.52. The molecule has 0 bridgehead atoms. The van der Waals surface area contributed by atoms with Crippen LogP contribution in [-0.2, 0) is 0 Å². The van der Waals surface area contributed by atoms with Crippen molar-refractivity contribution < 1.29 is 9.21 Å². The van der Waals surface area contributed by atoms with E-state index in [4.69, 9.17) is 9.40 Å². The lowest BCUT2D eigenvalue weighted by molar-refractivity contribution is 0.0982. The number of amides is 2. The molecule has 7 rings (SSSR count). The Kier molecular flexibility index (Phi) is 8.92. The molecule has 240 valence electrons. The average molecular weight is 624 g/mol. The normalized spacial score (nSPS) is 18.5. The molecular formula is C33H41N11O2. The molecule has 3 aliphatic rings. The molecule has 13 nitrogen and oxygen atoms in total. The van der Waals surface area contributed by atoms with Gasteiger partial charge < -0.3 is 34.7 Å². The summed E-state index contributed by atoms with van der Waals surface area (Å²) in [5.74, 6) is 1.84. The Morgan fingerprint density at radius 3 is 2.22 bits per heavy atom. The first-order chi connectivity index (χ1) is 22.6. The fraction of sp³-hybridized carbons (Fsp3) is 0.424. The summed E-state index contributed by atoms with van der Waals surface area (Å²) >= 11 is 0. The Morgan fingerprint density at radius 2 is 1.52 bits per heavy atom. The van der Waals surface area contributed by atoms with E-state index < -0.39 is 0 Å². The molecule has 0 aliphatic carbocycles. The second kappa shape index (κ2) is 13.7. The van der Waals surface area contributed by atoms with Crippen molar-refractivity contribution in [3.05, 3.63) is 67.2 Å². The maximum absolute atomic E-state index is 12.9. The van der Waals surface area contributed by atoms with E-state index in [1.54, 1.807) is 6.20 Å². The third-order valence-electron chi connectivity index (χ3n) is 9.28. The molecule has 5 heterocycles. The van der Waals surface area contributed by atoms with Crippen LogP contribution in [0.2, 0.25) is 0 Å². The molecular weight excluding hydrogens is 582 g/mol. The number of nitrogens with zero attached hydrogens (tertiary/aromatic N) is 9. The number of carbonyl (C=O) groups excluding carboxylic acids is 1. The molecule has 0 spiro atoms. The van der Waals surface area contributed by atoms with Crippen LogP contribution in [0, 0.1) is 0 Å². The molecule has 2 aromatic carbocycles. The van der Waals surface area contributed by atoms with E-state index in [2.05, 4.69) is 76.7 Å².